The summed E-state index contributed by atoms with van der Waals surface area (Å²) in [6.45, 7) is 0. The van der Waals surface area contributed by atoms with Crippen LogP contribution in [0.15, 0.2) is 36.4 Å². The number of nitrogens with one attached hydrogen (secondary N) is 1. The average Bonchev–Trinajstić information content (AvgIpc) is 2.66. The van der Waals surface area contributed by atoms with Crippen molar-refractivity contribution in [2.75, 3.05) is 0 Å². The van der Waals surface area contributed by atoms with Crippen molar-refractivity contribution in [3.05, 3.63) is 47.9 Å². The van der Waals surface area contributed by atoms with Crippen molar-refractivity contribution in [3.63, 3.8) is 0 Å². The molecule has 0 amide bonds. The molecule has 0 aliphatic rings. The van der Waals surface area contributed by atoms with E-state index in [9.17, 15) is 8.60 Å². The zero-order valence-corrected chi connectivity index (χ0v) is 9.13. The van der Waals surface area contributed by atoms with Crippen LogP contribution in [-0.4, -0.2) is 13.7 Å². The lowest BCUT2D eigenvalue weighted by Gasteiger charge is -1.97. The third kappa shape index (κ3) is 2.56. The maximum absolute atomic E-state index is 12.7. The van der Waals surface area contributed by atoms with Crippen molar-refractivity contribution in [3.8, 4) is 11.3 Å². The fraction of sp³-hybridized carbons (Fsp3) is 0.0909. The molecule has 0 spiro atoms. The summed E-state index contributed by atoms with van der Waals surface area (Å²) in [5, 5.41) is 0. The number of hydrogen-bond acceptors (Lipinski definition) is 1. The van der Waals surface area contributed by atoms with Gasteiger partial charge in [0.25, 0.3) is 0 Å². The van der Waals surface area contributed by atoms with Gasteiger partial charge < -0.3 is 9.54 Å². The first-order chi connectivity index (χ1) is 7.65. The molecule has 1 aromatic heterocycles. The minimum atomic E-state index is -1.85. The van der Waals surface area contributed by atoms with E-state index in [1.807, 2.05) is 0 Å². The standard InChI is InChI=1S/C11H10FNO2S/c12-9-3-1-8(2-4-9)11-6-5-10(13-11)7-16(14)15/h1-6,13H,7H2,(H,14,15). The Morgan fingerprint density at radius 2 is 1.88 bits per heavy atom. The van der Waals surface area contributed by atoms with E-state index in [1.54, 1.807) is 24.3 Å². The Kier molecular flexibility index (Phi) is 3.17. The highest BCUT2D eigenvalue weighted by molar-refractivity contribution is 7.78. The molecule has 1 aromatic carbocycles. The van der Waals surface area contributed by atoms with Gasteiger partial charge in [0.05, 0.1) is 5.75 Å². The zero-order valence-electron chi connectivity index (χ0n) is 8.31. The average molecular weight is 239 g/mol. The molecular formula is C11H10FNO2S. The first-order valence-corrected chi connectivity index (χ1v) is 5.94. The van der Waals surface area contributed by atoms with E-state index in [-0.39, 0.29) is 11.6 Å². The lowest BCUT2D eigenvalue weighted by molar-refractivity contribution is 0.563. The van der Waals surface area contributed by atoms with Gasteiger partial charge in [-0.25, -0.2) is 8.60 Å². The van der Waals surface area contributed by atoms with Crippen LogP contribution in [0.3, 0.4) is 0 Å². The predicted molar refractivity (Wildman–Crippen MR) is 60.7 cm³/mol. The van der Waals surface area contributed by atoms with Gasteiger partial charge >= 0.3 is 0 Å². The Balaban J connectivity index is 2.24. The maximum Gasteiger partial charge on any atom is 0.158 e. The molecule has 0 aliphatic carbocycles. The molecule has 2 aromatic rings. The van der Waals surface area contributed by atoms with Crippen LogP contribution in [0.25, 0.3) is 11.3 Å². The Bertz CT molecular complexity index is 507. The topological polar surface area (TPSA) is 53.1 Å². The van der Waals surface area contributed by atoms with Crippen molar-refractivity contribution in [1.82, 2.24) is 4.98 Å². The van der Waals surface area contributed by atoms with E-state index in [2.05, 4.69) is 4.98 Å². The second-order valence-electron chi connectivity index (χ2n) is 3.37. The second-order valence-corrected chi connectivity index (χ2v) is 4.30. The van der Waals surface area contributed by atoms with E-state index in [0.29, 0.717) is 5.69 Å². The summed E-state index contributed by atoms with van der Waals surface area (Å²) >= 11 is -1.85. The highest BCUT2D eigenvalue weighted by Gasteiger charge is 2.03. The summed E-state index contributed by atoms with van der Waals surface area (Å²) in [6.07, 6.45) is 0. The van der Waals surface area contributed by atoms with Gasteiger partial charge in [0.1, 0.15) is 5.82 Å². The fourth-order valence-electron chi connectivity index (χ4n) is 1.46. The van der Waals surface area contributed by atoms with Crippen LogP contribution in [0.1, 0.15) is 5.69 Å². The number of H-pyrrole nitrogens is 1. The van der Waals surface area contributed by atoms with Crippen LogP contribution in [-0.2, 0) is 16.8 Å². The van der Waals surface area contributed by atoms with Gasteiger partial charge in [-0.1, -0.05) is 0 Å². The summed E-state index contributed by atoms with van der Waals surface area (Å²) < 4.78 is 32.0. The fourth-order valence-corrected chi connectivity index (χ4v) is 1.89. The summed E-state index contributed by atoms with van der Waals surface area (Å²) in [5.41, 5.74) is 2.33. The highest BCUT2D eigenvalue weighted by atomic mass is 32.2. The Morgan fingerprint density at radius 3 is 2.50 bits per heavy atom. The SMILES string of the molecule is O=S(O)Cc1ccc(-c2ccc(F)cc2)[nH]1. The smallest absolute Gasteiger partial charge is 0.158 e. The monoisotopic (exact) mass is 239 g/mol. The molecule has 1 heterocycles. The predicted octanol–water partition coefficient (Wildman–Crippen LogP) is 2.54. The number of rotatable bonds is 3. The molecule has 0 bridgehead atoms. The lowest BCUT2D eigenvalue weighted by atomic mass is 10.1. The molecular weight excluding hydrogens is 229 g/mol. The van der Waals surface area contributed by atoms with Crippen LogP contribution in [0, 0.1) is 5.82 Å². The molecule has 1 atom stereocenters. The molecule has 0 saturated carbocycles. The Morgan fingerprint density at radius 1 is 1.19 bits per heavy atom. The van der Waals surface area contributed by atoms with Crippen molar-refractivity contribution >= 4 is 11.1 Å². The number of benzene rings is 1. The van der Waals surface area contributed by atoms with Crippen molar-refractivity contribution < 1.29 is 13.2 Å². The molecule has 2 rings (SSSR count). The van der Waals surface area contributed by atoms with Crippen LogP contribution < -0.4 is 0 Å². The van der Waals surface area contributed by atoms with Crippen LogP contribution in [0.4, 0.5) is 4.39 Å². The molecule has 1 unspecified atom stereocenters. The molecule has 84 valence electrons. The van der Waals surface area contributed by atoms with Crippen LogP contribution in [0.2, 0.25) is 0 Å². The molecule has 2 N–H and O–H groups in total. The van der Waals surface area contributed by atoms with Gasteiger partial charge in [-0.2, -0.15) is 0 Å². The number of aromatic amines is 1. The second kappa shape index (κ2) is 4.59. The minimum Gasteiger partial charge on any atom is -0.358 e. The highest BCUT2D eigenvalue weighted by Crippen LogP contribution is 2.19. The largest absolute Gasteiger partial charge is 0.358 e. The van der Waals surface area contributed by atoms with Gasteiger partial charge in [0, 0.05) is 11.4 Å². The molecule has 3 nitrogen and oxygen atoms in total. The number of hydrogen-bond donors (Lipinski definition) is 2. The third-order valence-electron chi connectivity index (χ3n) is 2.18. The first kappa shape index (κ1) is 11.0. The molecule has 0 aliphatic heterocycles. The van der Waals surface area contributed by atoms with Gasteiger partial charge in [0.2, 0.25) is 0 Å². The maximum atomic E-state index is 12.7. The van der Waals surface area contributed by atoms with E-state index >= 15 is 0 Å². The van der Waals surface area contributed by atoms with Gasteiger partial charge in [-0.15, -0.1) is 0 Å². The van der Waals surface area contributed by atoms with Gasteiger partial charge in [-0.3, -0.25) is 0 Å². The van der Waals surface area contributed by atoms with Gasteiger partial charge in [-0.05, 0) is 42.0 Å². The summed E-state index contributed by atoms with van der Waals surface area (Å²) in [7, 11) is 0. The van der Waals surface area contributed by atoms with Crippen LogP contribution >= 0.6 is 0 Å². The molecule has 0 radical (unpaired) electrons. The summed E-state index contributed by atoms with van der Waals surface area (Å²) in [6, 6.07) is 9.60. The number of halogens is 1. The Hall–Kier alpha value is -1.46. The molecule has 0 fully saturated rings. The lowest BCUT2D eigenvalue weighted by Crippen LogP contribution is -1.92. The van der Waals surface area contributed by atoms with Crippen molar-refractivity contribution in [2.24, 2.45) is 0 Å². The van der Waals surface area contributed by atoms with Crippen LogP contribution in [0.5, 0.6) is 0 Å². The molecule has 16 heavy (non-hydrogen) atoms. The van der Waals surface area contributed by atoms with E-state index in [0.717, 1.165) is 11.3 Å². The first-order valence-electron chi connectivity index (χ1n) is 4.66. The van der Waals surface area contributed by atoms with E-state index in [4.69, 9.17) is 4.55 Å². The molecule has 5 heteroatoms. The Labute approximate surface area is 94.6 Å². The quantitative estimate of drug-likeness (QED) is 0.809. The number of aromatic nitrogens is 1. The third-order valence-corrected chi connectivity index (χ3v) is 2.74. The van der Waals surface area contributed by atoms with Gasteiger partial charge in [0.15, 0.2) is 11.1 Å². The van der Waals surface area contributed by atoms with Crippen molar-refractivity contribution in [1.29, 1.82) is 0 Å². The van der Waals surface area contributed by atoms with E-state index < -0.39 is 11.1 Å². The minimum absolute atomic E-state index is 0.0706. The summed E-state index contributed by atoms with van der Waals surface area (Å²) in [5.74, 6) is -0.215. The van der Waals surface area contributed by atoms with Crippen molar-refractivity contribution in [2.45, 2.75) is 5.75 Å². The normalized spacial score (nSPS) is 12.6. The van der Waals surface area contributed by atoms with E-state index in [1.165, 1.54) is 12.1 Å². The zero-order chi connectivity index (χ0) is 11.5. The molecule has 0 saturated heterocycles. The summed E-state index contributed by atoms with van der Waals surface area (Å²) in [4.78, 5) is 3.00.